The first-order chi connectivity index (χ1) is 9.58. The number of halogens is 2. The molecule has 0 saturated carbocycles. The average molecular weight is 312 g/mol. The molecule has 1 rings (SSSR count). The molecule has 0 aliphatic carbocycles. The number of rotatable bonds is 5. The van der Waals surface area contributed by atoms with Crippen molar-refractivity contribution in [3.8, 4) is 0 Å². The summed E-state index contributed by atoms with van der Waals surface area (Å²) >= 11 is 0. The van der Waals surface area contributed by atoms with E-state index in [1.54, 1.807) is 0 Å². The lowest BCUT2D eigenvalue weighted by molar-refractivity contribution is -0.104. The summed E-state index contributed by atoms with van der Waals surface area (Å²) in [5.41, 5.74) is 0.247. The number of allylic oxidation sites excluding steroid dienone is 1. The van der Waals surface area contributed by atoms with Gasteiger partial charge in [0.25, 0.3) is 0 Å². The fourth-order valence-corrected chi connectivity index (χ4v) is 2.41. The lowest BCUT2D eigenvalue weighted by Gasteiger charge is -2.36. The number of carbonyl (C=O) groups excluding carboxylic acids is 1. The molecule has 0 saturated heterocycles. The third-order valence-corrected chi connectivity index (χ3v) is 8.39. The van der Waals surface area contributed by atoms with Gasteiger partial charge in [0.1, 0.15) is 17.9 Å². The Kier molecular flexibility index (Phi) is 5.59. The van der Waals surface area contributed by atoms with Gasteiger partial charge >= 0.3 is 0 Å². The van der Waals surface area contributed by atoms with Crippen LogP contribution < -0.4 is 0 Å². The summed E-state index contributed by atoms with van der Waals surface area (Å²) in [6.45, 7) is 10.4. The molecule has 21 heavy (non-hydrogen) atoms. The minimum atomic E-state index is -2.01. The highest BCUT2D eigenvalue weighted by molar-refractivity contribution is 6.74. The summed E-state index contributed by atoms with van der Waals surface area (Å²) in [6.07, 6.45) is 2.89. The van der Waals surface area contributed by atoms with E-state index in [0.717, 1.165) is 18.2 Å². The van der Waals surface area contributed by atoms with Crippen molar-refractivity contribution < 1.29 is 18.0 Å². The van der Waals surface area contributed by atoms with Gasteiger partial charge in [0.05, 0.1) is 6.61 Å². The molecule has 1 aromatic carbocycles. The Morgan fingerprint density at radius 2 is 1.81 bits per heavy atom. The van der Waals surface area contributed by atoms with Crippen LogP contribution in [0.25, 0.3) is 6.08 Å². The SMILES string of the molecule is CC(C)(C)[Si](C)(C)OCc1cc(F)c(/C=C/C=O)cc1F. The van der Waals surface area contributed by atoms with Crippen LogP contribution in [0.3, 0.4) is 0 Å². The predicted molar refractivity (Wildman–Crippen MR) is 83.4 cm³/mol. The Balaban J connectivity index is 2.94. The van der Waals surface area contributed by atoms with Gasteiger partial charge in [-0.3, -0.25) is 4.79 Å². The fourth-order valence-electron chi connectivity index (χ4n) is 1.46. The van der Waals surface area contributed by atoms with Crippen molar-refractivity contribution in [1.82, 2.24) is 0 Å². The van der Waals surface area contributed by atoms with Gasteiger partial charge in [0, 0.05) is 11.1 Å². The van der Waals surface area contributed by atoms with Crippen molar-refractivity contribution in [2.75, 3.05) is 0 Å². The normalized spacial score (nSPS) is 12.9. The molecule has 0 unspecified atom stereocenters. The second-order valence-electron chi connectivity index (χ2n) is 6.51. The minimum Gasteiger partial charge on any atom is -0.412 e. The van der Waals surface area contributed by atoms with Crippen molar-refractivity contribution >= 4 is 20.7 Å². The van der Waals surface area contributed by atoms with Gasteiger partial charge in [-0.25, -0.2) is 8.78 Å². The second kappa shape index (κ2) is 6.62. The lowest BCUT2D eigenvalue weighted by atomic mass is 10.1. The molecule has 0 aliphatic rings. The van der Waals surface area contributed by atoms with Gasteiger partial charge in [-0.05, 0) is 42.4 Å². The van der Waals surface area contributed by atoms with E-state index < -0.39 is 20.0 Å². The zero-order valence-electron chi connectivity index (χ0n) is 13.2. The summed E-state index contributed by atoms with van der Waals surface area (Å²) in [5.74, 6) is -1.09. The van der Waals surface area contributed by atoms with Crippen molar-refractivity contribution in [3.05, 3.63) is 41.0 Å². The molecule has 0 spiro atoms. The van der Waals surface area contributed by atoms with E-state index in [-0.39, 0.29) is 22.8 Å². The van der Waals surface area contributed by atoms with Crippen molar-refractivity contribution in [3.63, 3.8) is 0 Å². The molecule has 116 valence electrons. The topological polar surface area (TPSA) is 26.3 Å². The zero-order valence-corrected chi connectivity index (χ0v) is 14.2. The monoisotopic (exact) mass is 312 g/mol. The lowest BCUT2D eigenvalue weighted by Crippen LogP contribution is -2.40. The summed E-state index contributed by atoms with van der Waals surface area (Å²) in [5, 5.41) is 0.00859. The molecule has 2 nitrogen and oxygen atoms in total. The molecule has 0 heterocycles. The molecule has 0 aliphatic heterocycles. The van der Waals surface area contributed by atoms with Crippen LogP contribution >= 0.6 is 0 Å². The molecule has 0 bridgehead atoms. The quantitative estimate of drug-likeness (QED) is 0.447. The molecule has 5 heteroatoms. The number of aldehydes is 1. The largest absolute Gasteiger partial charge is 0.412 e. The van der Waals surface area contributed by atoms with Crippen molar-refractivity contribution in [2.45, 2.75) is 45.5 Å². The minimum absolute atomic E-state index is 0.00859. The van der Waals surface area contributed by atoms with Crippen LogP contribution in [-0.4, -0.2) is 14.6 Å². The van der Waals surface area contributed by atoms with Crippen LogP contribution in [0, 0.1) is 11.6 Å². The van der Waals surface area contributed by atoms with Gasteiger partial charge in [0.2, 0.25) is 0 Å². The van der Waals surface area contributed by atoms with Gasteiger partial charge in [-0.1, -0.05) is 20.8 Å². The van der Waals surface area contributed by atoms with E-state index in [2.05, 4.69) is 33.9 Å². The van der Waals surface area contributed by atoms with Crippen molar-refractivity contribution in [1.29, 1.82) is 0 Å². The maximum absolute atomic E-state index is 14.0. The fraction of sp³-hybridized carbons (Fsp3) is 0.438. The maximum Gasteiger partial charge on any atom is 0.192 e. The Morgan fingerprint density at radius 3 is 2.33 bits per heavy atom. The molecule has 0 fully saturated rings. The molecule has 0 atom stereocenters. The number of carbonyl (C=O) groups is 1. The molecule has 0 amide bonds. The summed E-state index contributed by atoms with van der Waals surface area (Å²) in [7, 11) is -2.01. The number of hydrogen-bond donors (Lipinski definition) is 0. The Labute approximate surface area is 126 Å². The van der Waals surface area contributed by atoms with Gasteiger partial charge in [-0.15, -0.1) is 0 Å². The van der Waals surface area contributed by atoms with E-state index in [1.165, 1.54) is 6.08 Å². The number of hydrogen-bond acceptors (Lipinski definition) is 2. The van der Waals surface area contributed by atoms with Crippen LogP contribution in [0.2, 0.25) is 18.1 Å². The molecule has 1 aromatic rings. The van der Waals surface area contributed by atoms with E-state index in [1.807, 2.05) is 0 Å². The summed E-state index contributed by atoms with van der Waals surface area (Å²) in [6, 6.07) is 2.21. The maximum atomic E-state index is 14.0. The third kappa shape index (κ3) is 4.57. The highest BCUT2D eigenvalue weighted by atomic mass is 28.4. The average Bonchev–Trinajstić information content (AvgIpc) is 2.36. The first-order valence-electron chi connectivity index (χ1n) is 6.82. The summed E-state index contributed by atoms with van der Waals surface area (Å²) < 4.78 is 33.7. The standard InChI is InChI=1S/C16H22F2O2Si/c1-16(2,3)21(4,5)20-11-13-10-14(17)12(7-6-8-19)9-15(13)18/h6-10H,11H2,1-5H3/b7-6+. The van der Waals surface area contributed by atoms with E-state index >= 15 is 0 Å². The van der Waals surface area contributed by atoms with Crippen LogP contribution in [0.15, 0.2) is 18.2 Å². The van der Waals surface area contributed by atoms with Crippen LogP contribution in [0.1, 0.15) is 31.9 Å². The predicted octanol–water partition coefficient (Wildman–Crippen LogP) is 4.70. The van der Waals surface area contributed by atoms with Crippen molar-refractivity contribution in [2.24, 2.45) is 0 Å². The van der Waals surface area contributed by atoms with E-state index in [0.29, 0.717) is 6.29 Å². The first kappa shape index (κ1) is 17.7. The molecule has 0 radical (unpaired) electrons. The molecule has 0 aromatic heterocycles. The third-order valence-electron chi connectivity index (χ3n) is 3.91. The highest BCUT2D eigenvalue weighted by Crippen LogP contribution is 2.37. The number of benzene rings is 1. The second-order valence-corrected chi connectivity index (χ2v) is 11.3. The van der Waals surface area contributed by atoms with Crippen LogP contribution in [0.5, 0.6) is 0 Å². The first-order valence-corrected chi connectivity index (χ1v) is 9.73. The van der Waals surface area contributed by atoms with E-state index in [9.17, 15) is 13.6 Å². The van der Waals surface area contributed by atoms with Gasteiger partial charge < -0.3 is 4.43 Å². The molecule has 0 N–H and O–H groups in total. The Bertz CT molecular complexity index is 546. The molecular weight excluding hydrogens is 290 g/mol. The van der Waals surface area contributed by atoms with Crippen LogP contribution in [0.4, 0.5) is 8.78 Å². The molecular formula is C16H22F2O2Si. The zero-order chi connectivity index (χ0) is 16.3. The van der Waals surface area contributed by atoms with Gasteiger partial charge in [-0.2, -0.15) is 0 Å². The summed E-state index contributed by atoms with van der Waals surface area (Å²) in [4.78, 5) is 10.2. The van der Waals surface area contributed by atoms with Crippen LogP contribution in [-0.2, 0) is 15.8 Å². The smallest absolute Gasteiger partial charge is 0.192 e. The van der Waals surface area contributed by atoms with Gasteiger partial charge in [0.15, 0.2) is 8.32 Å². The Morgan fingerprint density at radius 1 is 1.19 bits per heavy atom. The highest BCUT2D eigenvalue weighted by Gasteiger charge is 2.37. The Hall–Kier alpha value is -1.33. The van der Waals surface area contributed by atoms with E-state index in [4.69, 9.17) is 4.43 Å².